The van der Waals surface area contributed by atoms with E-state index in [0.29, 0.717) is 0 Å². The molecule has 0 saturated carbocycles. The molecule has 40 valence electrons. The summed E-state index contributed by atoms with van der Waals surface area (Å²) in [6.07, 6.45) is 5.56. The second-order valence-electron chi connectivity index (χ2n) is 0.408. The fourth-order valence-corrected chi connectivity index (χ4v) is 0. The highest BCUT2D eigenvalue weighted by molar-refractivity contribution is 7.97. The maximum absolute atomic E-state index is 4.64. The third kappa shape index (κ3) is 130. The first-order chi connectivity index (χ1) is 2.41. The maximum atomic E-state index is 4.64. The van der Waals surface area contributed by atoms with Crippen LogP contribution in [-0.2, 0) is 0 Å². The van der Waals surface area contributed by atoms with E-state index >= 15 is 0 Å². The lowest BCUT2D eigenvalue weighted by atomic mass is 10.8. The summed E-state index contributed by atoms with van der Waals surface area (Å²) in [6, 6.07) is 0. The number of thioether (sulfide) groups is 1. The van der Waals surface area contributed by atoms with Crippen LogP contribution >= 0.6 is 23.4 Å². The molecule has 0 radical (unpaired) electrons. The standard InChI is InChI=1S/C2H6S.CH3Cl.BH3/c1-3-2;1-2;/h1-2H3;1H3;1H3. The van der Waals surface area contributed by atoms with Crippen molar-refractivity contribution in [3.05, 3.63) is 0 Å². The Kier molecular flexibility index (Phi) is 115. The van der Waals surface area contributed by atoms with Gasteiger partial charge in [-0.15, -0.1) is 11.6 Å². The molecule has 0 rings (SSSR count). The molecular weight excluding hydrogens is 114 g/mol. The van der Waals surface area contributed by atoms with Crippen LogP contribution in [0.25, 0.3) is 0 Å². The number of halogens is 1. The molecule has 0 N–H and O–H groups in total. The first-order valence-electron chi connectivity index (χ1n) is 1.19. The minimum absolute atomic E-state index is 0. The molecule has 0 saturated heterocycles. The molecule has 3 heteroatoms. The van der Waals surface area contributed by atoms with Gasteiger partial charge < -0.3 is 0 Å². The molecule has 0 fully saturated rings. The fourth-order valence-electron chi connectivity index (χ4n) is 0. The Labute approximate surface area is 51.2 Å². The second kappa shape index (κ2) is 43.4. The molecule has 0 atom stereocenters. The Balaban J connectivity index is -0.0000000275. The summed E-state index contributed by atoms with van der Waals surface area (Å²) in [5.74, 6) is 0. The molecule has 0 aliphatic rings. The minimum atomic E-state index is 0. The summed E-state index contributed by atoms with van der Waals surface area (Å²) in [6.45, 7) is 0. The lowest BCUT2D eigenvalue weighted by Crippen LogP contribution is -1.25. The Hall–Kier alpha value is 0.705. The van der Waals surface area contributed by atoms with Crippen LogP contribution in [0.15, 0.2) is 0 Å². The van der Waals surface area contributed by atoms with Gasteiger partial charge in [0.1, 0.15) is 0 Å². The van der Waals surface area contributed by atoms with Crippen molar-refractivity contribution in [2.45, 2.75) is 0 Å². The summed E-state index contributed by atoms with van der Waals surface area (Å²) < 4.78 is 0. The van der Waals surface area contributed by atoms with Crippen molar-refractivity contribution in [2.75, 3.05) is 18.9 Å². The van der Waals surface area contributed by atoms with Crippen LogP contribution in [0.1, 0.15) is 0 Å². The Morgan fingerprint density at radius 3 is 1.17 bits per heavy atom. The zero-order chi connectivity index (χ0) is 4.71. The van der Waals surface area contributed by atoms with E-state index in [0.717, 1.165) is 0 Å². The highest BCUT2D eigenvalue weighted by Gasteiger charge is 1.32. The van der Waals surface area contributed by atoms with Gasteiger partial charge in [0.15, 0.2) is 0 Å². The van der Waals surface area contributed by atoms with E-state index in [4.69, 9.17) is 0 Å². The van der Waals surface area contributed by atoms with Crippen molar-refractivity contribution in [2.24, 2.45) is 0 Å². The second-order valence-corrected chi connectivity index (χ2v) is 1.22. The average Bonchev–Trinajstić information content (AvgIpc) is 1.46. The monoisotopic (exact) mass is 126 g/mol. The van der Waals surface area contributed by atoms with Crippen molar-refractivity contribution >= 4 is 31.8 Å². The van der Waals surface area contributed by atoms with Gasteiger partial charge in [0.05, 0.1) is 8.41 Å². The van der Waals surface area contributed by atoms with E-state index in [9.17, 15) is 0 Å². The van der Waals surface area contributed by atoms with Crippen LogP contribution in [0.3, 0.4) is 0 Å². The van der Waals surface area contributed by atoms with Crippen LogP contribution in [-0.4, -0.2) is 27.3 Å². The SMILES string of the molecule is B.CCl.CSC. The van der Waals surface area contributed by atoms with E-state index < -0.39 is 0 Å². The van der Waals surface area contributed by atoms with Crippen LogP contribution in [0.5, 0.6) is 0 Å². The molecule has 0 unspecified atom stereocenters. The molecule has 0 aliphatic carbocycles. The van der Waals surface area contributed by atoms with Crippen molar-refractivity contribution in [1.82, 2.24) is 0 Å². The van der Waals surface area contributed by atoms with Crippen molar-refractivity contribution in [3.8, 4) is 0 Å². The lowest BCUT2D eigenvalue weighted by Gasteiger charge is -1.51. The average molecular weight is 126 g/mol. The number of rotatable bonds is 0. The quantitative estimate of drug-likeness (QED) is 0.339. The minimum Gasteiger partial charge on any atom is -0.169 e. The molecule has 0 nitrogen and oxygen atoms in total. The fraction of sp³-hybridized carbons (Fsp3) is 1.00. The normalized spacial score (nSPS) is 4.00. The van der Waals surface area contributed by atoms with E-state index in [1.807, 2.05) is 12.5 Å². The summed E-state index contributed by atoms with van der Waals surface area (Å²) in [5, 5.41) is 0. The molecule has 0 aromatic carbocycles. The number of hydrogen-bond donors (Lipinski definition) is 0. The van der Waals surface area contributed by atoms with Gasteiger partial charge in [-0.2, -0.15) is 11.8 Å². The van der Waals surface area contributed by atoms with Gasteiger partial charge in [-0.25, -0.2) is 0 Å². The predicted molar refractivity (Wildman–Crippen MR) is 41.2 cm³/mol. The molecule has 0 bridgehead atoms. The predicted octanol–water partition coefficient (Wildman–Crippen LogP) is 0.650. The third-order valence-electron chi connectivity index (χ3n) is 0. The Bertz CT molecular complexity index is 10.8. The van der Waals surface area contributed by atoms with Gasteiger partial charge in [-0.1, -0.05) is 0 Å². The summed E-state index contributed by atoms with van der Waals surface area (Å²) in [7, 11) is 0. The van der Waals surface area contributed by atoms with Gasteiger partial charge in [-0.3, -0.25) is 0 Å². The van der Waals surface area contributed by atoms with Gasteiger partial charge >= 0.3 is 0 Å². The molecule has 0 aromatic rings. The molecule has 0 aromatic heterocycles. The molecule has 6 heavy (non-hydrogen) atoms. The lowest BCUT2D eigenvalue weighted by molar-refractivity contribution is 2.37. The molecular formula is C3H12BClS. The van der Waals surface area contributed by atoms with Crippen LogP contribution < -0.4 is 0 Å². The van der Waals surface area contributed by atoms with Gasteiger partial charge in [0.2, 0.25) is 0 Å². The summed E-state index contributed by atoms with van der Waals surface area (Å²) >= 11 is 6.39. The van der Waals surface area contributed by atoms with Crippen molar-refractivity contribution in [1.29, 1.82) is 0 Å². The van der Waals surface area contributed by atoms with Gasteiger partial charge in [-0.05, 0) is 12.5 Å². The van der Waals surface area contributed by atoms with E-state index in [2.05, 4.69) is 11.6 Å². The molecule has 0 aliphatic heterocycles. The van der Waals surface area contributed by atoms with Gasteiger partial charge in [0.25, 0.3) is 0 Å². The van der Waals surface area contributed by atoms with Gasteiger partial charge in [0, 0.05) is 6.38 Å². The first-order valence-corrected chi connectivity index (χ1v) is 3.58. The number of alkyl halides is 1. The smallest absolute Gasteiger partial charge is 0.0814 e. The molecule has 0 amide bonds. The molecule has 0 spiro atoms. The van der Waals surface area contributed by atoms with E-state index in [-0.39, 0.29) is 8.41 Å². The largest absolute Gasteiger partial charge is 0.169 e. The zero-order valence-corrected chi connectivity index (χ0v) is 5.36. The number of hydrogen-bond acceptors (Lipinski definition) is 1. The van der Waals surface area contributed by atoms with Crippen LogP contribution in [0.2, 0.25) is 0 Å². The van der Waals surface area contributed by atoms with E-state index in [1.54, 1.807) is 11.8 Å². The first kappa shape index (κ1) is 15.9. The zero-order valence-electron chi connectivity index (χ0n) is 3.79. The van der Waals surface area contributed by atoms with Crippen molar-refractivity contribution < 1.29 is 0 Å². The summed E-state index contributed by atoms with van der Waals surface area (Å²) in [4.78, 5) is 0. The highest BCUT2D eigenvalue weighted by Crippen LogP contribution is 1.70. The Morgan fingerprint density at radius 2 is 1.17 bits per heavy atom. The van der Waals surface area contributed by atoms with Crippen LogP contribution in [0, 0.1) is 0 Å². The maximum Gasteiger partial charge on any atom is 0.0814 e. The summed E-state index contributed by atoms with van der Waals surface area (Å²) in [5.41, 5.74) is 0. The highest BCUT2D eigenvalue weighted by atomic mass is 35.5. The topological polar surface area (TPSA) is 0 Å². The van der Waals surface area contributed by atoms with Crippen molar-refractivity contribution in [3.63, 3.8) is 0 Å². The Morgan fingerprint density at radius 1 is 1.17 bits per heavy atom. The van der Waals surface area contributed by atoms with E-state index in [1.165, 1.54) is 6.38 Å². The third-order valence-corrected chi connectivity index (χ3v) is 0. The molecule has 0 heterocycles. The van der Waals surface area contributed by atoms with Crippen LogP contribution in [0.4, 0.5) is 0 Å².